The Hall–Kier alpha value is -2.67. The molecule has 0 spiro atoms. The third-order valence-corrected chi connectivity index (χ3v) is 4.47. The second-order valence-corrected chi connectivity index (χ2v) is 6.43. The number of rotatable bonds is 5. The molecule has 1 amide bonds. The van der Waals surface area contributed by atoms with Crippen LogP contribution >= 0.6 is 11.3 Å². The molecule has 0 radical (unpaired) electrons. The molecular weight excluding hydrogens is 324 g/mol. The average Bonchev–Trinajstić information content (AvgIpc) is 3.12. The second-order valence-electron chi connectivity index (χ2n) is 5.40. The Morgan fingerprint density at radius 2 is 2.12 bits per heavy atom. The van der Waals surface area contributed by atoms with Crippen LogP contribution in [0.15, 0.2) is 39.9 Å². The number of anilines is 1. The van der Waals surface area contributed by atoms with Gasteiger partial charge in [0, 0.05) is 5.56 Å². The number of benzene rings is 1. The fraction of sp³-hybridized carbons (Fsp3) is 0.235. The van der Waals surface area contributed by atoms with Gasteiger partial charge in [0.15, 0.2) is 5.13 Å². The summed E-state index contributed by atoms with van der Waals surface area (Å²) in [6, 6.07) is 9.75. The van der Waals surface area contributed by atoms with Gasteiger partial charge in [-0.1, -0.05) is 23.5 Å². The molecule has 24 heavy (non-hydrogen) atoms. The molecule has 0 fully saturated rings. The first-order valence-electron chi connectivity index (χ1n) is 7.53. The van der Waals surface area contributed by atoms with Crippen LogP contribution in [0.5, 0.6) is 0 Å². The number of hydrogen-bond acceptors (Lipinski definition) is 6. The number of aromatic nitrogens is 1. The minimum Gasteiger partial charge on any atom is -0.466 e. The van der Waals surface area contributed by atoms with Gasteiger partial charge in [0.2, 0.25) is 0 Å². The number of aryl methyl sites for hydroxylation is 2. The van der Waals surface area contributed by atoms with Gasteiger partial charge in [0.25, 0.3) is 5.91 Å². The summed E-state index contributed by atoms with van der Waals surface area (Å²) in [4.78, 5) is 16.4. The molecule has 0 aliphatic rings. The van der Waals surface area contributed by atoms with Crippen LogP contribution in [-0.2, 0) is 4.79 Å². The molecule has 2 aromatic heterocycles. The van der Waals surface area contributed by atoms with E-state index in [4.69, 9.17) is 4.42 Å². The molecule has 0 saturated heterocycles. The lowest BCUT2D eigenvalue weighted by molar-refractivity contribution is -0.119. The van der Waals surface area contributed by atoms with Crippen LogP contribution in [0.2, 0.25) is 0 Å². The Labute approximate surface area is 143 Å². The molecule has 3 rings (SSSR count). The number of carbonyl (C=O) groups is 1. The van der Waals surface area contributed by atoms with Crippen molar-refractivity contribution < 1.29 is 9.21 Å². The summed E-state index contributed by atoms with van der Waals surface area (Å²) >= 11 is 1.51. The fourth-order valence-corrected chi connectivity index (χ4v) is 3.20. The maximum absolute atomic E-state index is 11.9. The van der Waals surface area contributed by atoms with Crippen LogP contribution in [0.3, 0.4) is 0 Å². The van der Waals surface area contributed by atoms with Crippen molar-refractivity contribution in [2.24, 2.45) is 5.10 Å². The van der Waals surface area contributed by atoms with Gasteiger partial charge in [-0.15, -0.1) is 0 Å². The molecule has 6 nitrogen and oxygen atoms in total. The Balaban J connectivity index is 1.57. The number of furan rings is 1. The standard InChI is InChI=1S/C17H18N4O2S/c1-10-8-13(12(3)23-10)11(2)20-21-16(22)9-18-17-19-14-6-4-5-7-15(14)24-17/h4-8H,9H2,1-3H3,(H,18,19)(H,21,22)/b20-11-. The highest BCUT2D eigenvalue weighted by Gasteiger charge is 2.09. The van der Waals surface area contributed by atoms with Crippen molar-refractivity contribution in [3.8, 4) is 0 Å². The molecule has 0 bridgehead atoms. The summed E-state index contributed by atoms with van der Waals surface area (Å²) < 4.78 is 6.55. The maximum atomic E-state index is 11.9. The number of hydrogen-bond donors (Lipinski definition) is 2. The van der Waals surface area contributed by atoms with Crippen LogP contribution in [0.25, 0.3) is 10.2 Å². The van der Waals surface area contributed by atoms with E-state index in [0.29, 0.717) is 10.8 Å². The number of hydrazone groups is 1. The molecule has 0 aliphatic carbocycles. The fourth-order valence-electron chi connectivity index (χ4n) is 2.34. The van der Waals surface area contributed by atoms with E-state index in [1.165, 1.54) is 11.3 Å². The highest BCUT2D eigenvalue weighted by molar-refractivity contribution is 7.22. The highest BCUT2D eigenvalue weighted by Crippen LogP contribution is 2.24. The van der Waals surface area contributed by atoms with E-state index in [0.717, 1.165) is 27.3 Å². The van der Waals surface area contributed by atoms with Crippen molar-refractivity contribution in [3.63, 3.8) is 0 Å². The lowest BCUT2D eigenvalue weighted by atomic mass is 10.2. The molecule has 0 unspecified atom stereocenters. The first-order valence-corrected chi connectivity index (χ1v) is 8.34. The van der Waals surface area contributed by atoms with Crippen LogP contribution in [0.1, 0.15) is 24.0 Å². The van der Waals surface area contributed by atoms with Gasteiger partial charge in [-0.05, 0) is 39.0 Å². The lowest BCUT2D eigenvalue weighted by Gasteiger charge is -2.03. The number of fused-ring (bicyclic) bond motifs is 1. The maximum Gasteiger partial charge on any atom is 0.259 e. The summed E-state index contributed by atoms with van der Waals surface area (Å²) in [5.41, 5.74) is 5.07. The predicted molar refractivity (Wildman–Crippen MR) is 96.6 cm³/mol. The average molecular weight is 342 g/mol. The third kappa shape index (κ3) is 3.62. The molecule has 2 N–H and O–H groups in total. The molecule has 3 aromatic rings. The Morgan fingerprint density at radius 1 is 1.33 bits per heavy atom. The van der Waals surface area contributed by atoms with Gasteiger partial charge in [0.05, 0.1) is 22.5 Å². The SMILES string of the molecule is C/C(=N/NC(=O)CNc1nc2ccccc2s1)c1cc(C)oc1C. The summed E-state index contributed by atoms with van der Waals surface area (Å²) in [6.45, 7) is 5.70. The normalized spacial score (nSPS) is 11.7. The largest absolute Gasteiger partial charge is 0.466 e. The van der Waals surface area contributed by atoms with E-state index in [2.05, 4.69) is 20.8 Å². The van der Waals surface area contributed by atoms with E-state index in [-0.39, 0.29) is 12.5 Å². The van der Waals surface area contributed by atoms with E-state index in [1.54, 1.807) is 0 Å². The van der Waals surface area contributed by atoms with Crippen molar-refractivity contribution in [3.05, 3.63) is 47.4 Å². The third-order valence-electron chi connectivity index (χ3n) is 3.47. The topological polar surface area (TPSA) is 79.5 Å². The minimum absolute atomic E-state index is 0.111. The molecular formula is C17H18N4O2S. The quantitative estimate of drug-likeness (QED) is 0.550. The number of para-hydroxylation sites is 1. The number of amides is 1. The first kappa shape index (κ1) is 16.2. The number of nitrogens with one attached hydrogen (secondary N) is 2. The van der Waals surface area contributed by atoms with E-state index in [1.807, 2.05) is 51.1 Å². The molecule has 1 aromatic carbocycles. The molecule has 2 heterocycles. The van der Waals surface area contributed by atoms with E-state index < -0.39 is 0 Å². The predicted octanol–water partition coefficient (Wildman–Crippen LogP) is 3.46. The Bertz CT molecular complexity index is 877. The van der Waals surface area contributed by atoms with Crippen molar-refractivity contribution >= 4 is 38.3 Å². The van der Waals surface area contributed by atoms with Gasteiger partial charge in [-0.25, -0.2) is 10.4 Å². The monoisotopic (exact) mass is 342 g/mol. The van der Waals surface area contributed by atoms with Crippen LogP contribution in [-0.4, -0.2) is 23.1 Å². The van der Waals surface area contributed by atoms with Gasteiger partial charge in [-0.2, -0.15) is 5.10 Å². The van der Waals surface area contributed by atoms with Crippen LogP contribution in [0.4, 0.5) is 5.13 Å². The van der Waals surface area contributed by atoms with Crippen molar-refractivity contribution in [1.29, 1.82) is 0 Å². The van der Waals surface area contributed by atoms with E-state index in [9.17, 15) is 4.79 Å². The van der Waals surface area contributed by atoms with Gasteiger partial charge < -0.3 is 9.73 Å². The minimum atomic E-state index is -0.230. The number of thiazole rings is 1. The van der Waals surface area contributed by atoms with E-state index >= 15 is 0 Å². The van der Waals surface area contributed by atoms with Crippen LogP contribution in [0, 0.1) is 13.8 Å². The molecule has 7 heteroatoms. The van der Waals surface area contributed by atoms with Gasteiger partial charge in [-0.3, -0.25) is 4.79 Å². The summed E-state index contributed by atoms with van der Waals surface area (Å²) in [5.74, 6) is 1.38. The summed E-state index contributed by atoms with van der Waals surface area (Å²) in [5, 5.41) is 7.86. The second kappa shape index (κ2) is 6.84. The molecule has 0 atom stereocenters. The zero-order valence-electron chi connectivity index (χ0n) is 13.7. The zero-order valence-corrected chi connectivity index (χ0v) is 14.5. The van der Waals surface area contributed by atoms with Crippen molar-refractivity contribution in [2.75, 3.05) is 11.9 Å². The zero-order chi connectivity index (χ0) is 17.1. The van der Waals surface area contributed by atoms with Crippen molar-refractivity contribution in [1.82, 2.24) is 10.4 Å². The molecule has 0 aliphatic heterocycles. The number of carbonyl (C=O) groups excluding carboxylic acids is 1. The highest BCUT2D eigenvalue weighted by atomic mass is 32.1. The smallest absolute Gasteiger partial charge is 0.259 e. The molecule has 124 valence electrons. The summed E-state index contributed by atoms with van der Waals surface area (Å²) in [7, 11) is 0. The van der Waals surface area contributed by atoms with Gasteiger partial charge >= 0.3 is 0 Å². The lowest BCUT2D eigenvalue weighted by Crippen LogP contribution is -2.26. The van der Waals surface area contributed by atoms with Gasteiger partial charge in [0.1, 0.15) is 11.5 Å². The first-order chi connectivity index (χ1) is 11.5. The number of nitrogens with zero attached hydrogens (tertiary/aromatic N) is 2. The Morgan fingerprint density at radius 3 is 2.83 bits per heavy atom. The Kier molecular flexibility index (Phi) is 4.61. The van der Waals surface area contributed by atoms with Crippen LogP contribution < -0.4 is 10.7 Å². The summed E-state index contributed by atoms with van der Waals surface area (Å²) in [6.07, 6.45) is 0. The van der Waals surface area contributed by atoms with Crippen molar-refractivity contribution in [2.45, 2.75) is 20.8 Å². The molecule has 0 saturated carbocycles.